The number of hydrogen-bond donors (Lipinski definition) is 0. The van der Waals surface area contributed by atoms with Crippen LogP contribution in [0.25, 0.3) is 82.8 Å². The summed E-state index contributed by atoms with van der Waals surface area (Å²) in [6.45, 7) is 4.69. The molecule has 12 rings (SSSR count). The van der Waals surface area contributed by atoms with Gasteiger partial charge in [0.05, 0.1) is 16.3 Å². The summed E-state index contributed by atoms with van der Waals surface area (Å²) in [7, 11) is -3.21. The molecule has 0 bridgehead atoms. The SMILES string of the molecule is CC1(C)c2ccc(-c3ccc(-n4c5ccccc5c5ccc6c(c54)P(=O)(c4ccccc4)c4ccccc4-6)cc3)cc2-c2cc(-c3ccc4ccccc4c3)ccc21. The van der Waals surface area contributed by atoms with Crippen molar-refractivity contribution in [3.63, 3.8) is 0 Å². The summed E-state index contributed by atoms with van der Waals surface area (Å²) >= 11 is 0. The lowest BCUT2D eigenvalue weighted by molar-refractivity contribution is 0.593. The second-order valence-electron chi connectivity index (χ2n) is 16.4. The van der Waals surface area contributed by atoms with Crippen LogP contribution in [-0.4, -0.2) is 4.57 Å². The van der Waals surface area contributed by atoms with E-state index in [1.54, 1.807) is 0 Å². The molecule has 9 aromatic carbocycles. The van der Waals surface area contributed by atoms with Gasteiger partial charge in [0.2, 0.25) is 0 Å². The van der Waals surface area contributed by atoms with E-state index >= 15 is 4.57 Å². The number of aromatic nitrogens is 1. The number of benzene rings is 9. The molecule has 0 N–H and O–H groups in total. The quantitative estimate of drug-likeness (QED) is 0.164. The van der Waals surface area contributed by atoms with Crippen LogP contribution in [0.5, 0.6) is 0 Å². The molecule has 1 aliphatic carbocycles. The van der Waals surface area contributed by atoms with Gasteiger partial charge in [-0.25, -0.2) is 0 Å². The first-order chi connectivity index (χ1) is 28.4. The molecule has 2 heterocycles. The van der Waals surface area contributed by atoms with Gasteiger partial charge in [-0.2, -0.15) is 0 Å². The average Bonchev–Trinajstić information content (AvgIpc) is 3.84. The Morgan fingerprint density at radius 2 is 1.05 bits per heavy atom. The first-order valence-corrected chi connectivity index (χ1v) is 21.8. The molecule has 0 radical (unpaired) electrons. The minimum Gasteiger partial charge on any atom is -0.309 e. The Morgan fingerprint density at radius 3 is 1.83 bits per heavy atom. The molecule has 0 fully saturated rings. The fourth-order valence-electron chi connectivity index (χ4n) is 10.1. The topological polar surface area (TPSA) is 22.0 Å². The van der Waals surface area contributed by atoms with E-state index < -0.39 is 7.14 Å². The zero-order valence-corrected chi connectivity index (χ0v) is 33.2. The third-order valence-corrected chi connectivity index (χ3v) is 16.2. The van der Waals surface area contributed by atoms with Crippen molar-refractivity contribution in [3.05, 3.63) is 205 Å². The lowest BCUT2D eigenvalue weighted by Gasteiger charge is -2.21. The van der Waals surface area contributed by atoms with Crippen molar-refractivity contribution in [2.24, 2.45) is 0 Å². The molecule has 0 spiro atoms. The Kier molecular flexibility index (Phi) is 6.99. The van der Waals surface area contributed by atoms with Gasteiger partial charge >= 0.3 is 0 Å². The van der Waals surface area contributed by atoms with E-state index in [0.717, 1.165) is 60.1 Å². The van der Waals surface area contributed by atoms with Crippen LogP contribution >= 0.6 is 7.14 Å². The van der Waals surface area contributed by atoms with Gasteiger partial charge in [-0.15, -0.1) is 0 Å². The Hall–Kier alpha value is -6.73. The molecule has 0 saturated carbocycles. The molecule has 1 aliphatic heterocycles. The predicted molar refractivity (Wildman–Crippen MR) is 245 cm³/mol. The highest BCUT2D eigenvalue weighted by atomic mass is 31.2. The highest BCUT2D eigenvalue weighted by molar-refractivity contribution is 7.86. The molecule has 1 unspecified atom stereocenters. The van der Waals surface area contributed by atoms with Crippen molar-refractivity contribution < 1.29 is 4.57 Å². The number of para-hydroxylation sites is 1. The van der Waals surface area contributed by atoms with Crippen molar-refractivity contribution in [2.75, 3.05) is 0 Å². The van der Waals surface area contributed by atoms with Gasteiger partial charge in [-0.05, 0) is 103 Å². The molecule has 0 amide bonds. The Bertz CT molecular complexity index is 3390. The minimum atomic E-state index is -3.21. The maximum absolute atomic E-state index is 15.9. The normalized spacial score (nSPS) is 16.0. The summed E-state index contributed by atoms with van der Waals surface area (Å²) < 4.78 is 18.3. The lowest BCUT2D eigenvalue weighted by Crippen LogP contribution is -2.22. The Labute approximate surface area is 338 Å². The van der Waals surface area contributed by atoms with E-state index in [1.807, 2.05) is 36.4 Å². The van der Waals surface area contributed by atoms with Gasteiger partial charge in [-0.1, -0.05) is 172 Å². The maximum Gasteiger partial charge on any atom is 0.174 e. The van der Waals surface area contributed by atoms with Gasteiger partial charge in [0, 0.05) is 32.5 Å². The fourth-order valence-corrected chi connectivity index (χ4v) is 13.4. The van der Waals surface area contributed by atoms with Gasteiger partial charge in [0.25, 0.3) is 0 Å². The first kappa shape index (κ1) is 33.4. The van der Waals surface area contributed by atoms with E-state index in [2.05, 4.69) is 176 Å². The summed E-state index contributed by atoms with van der Waals surface area (Å²) in [6.07, 6.45) is 0. The van der Waals surface area contributed by atoms with Crippen molar-refractivity contribution in [1.29, 1.82) is 0 Å². The van der Waals surface area contributed by atoms with Crippen molar-refractivity contribution in [2.45, 2.75) is 19.3 Å². The van der Waals surface area contributed by atoms with Gasteiger partial charge < -0.3 is 9.13 Å². The second-order valence-corrected chi connectivity index (χ2v) is 19.1. The Morgan fingerprint density at radius 1 is 0.448 bits per heavy atom. The summed E-state index contributed by atoms with van der Waals surface area (Å²) in [6, 6.07) is 69.7. The fraction of sp³-hybridized carbons (Fsp3) is 0.0545. The van der Waals surface area contributed by atoms with E-state index in [1.165, 1.54) is 49.7 Å². The predicted octanol–water partition coefficient (Wildman–Crippen LogP) is 13.2. The highest BCUT2D eigenvalue weighted by Crippen LogP contribution is 2.55. The van der Waals surface area contributed by atoms with Crippen LogP contribution in [0.2, 0.25) is 0 Å². The third-order valence-electron chi connectivity index (χ3n) is 13.0. The number of nitrogens with zero attached hydrogens (tertiary/aromatic N) is 1. The van der Waals surface area contributed by atoms with Crippen molar-refractivity contribution >= 4 is 55.6 Å². The molecule has 1 atom stereocenters. The summed E-state index contributed by atoms with van der Waals surface area (Å²) in [5.41, 5.74) is 15.4. The van der Waals surface area contributed by atoms with Gasteiger partial charge in [-0.3, -0.25) is 0 Å². The number of rotatable bonds is 4. The van der Waals surface area contributed by atoms with Crippen LogP contribution in [0.15, 0.2) is 194 Å². The summed E-state index contributed by atoms with van der Waals surface area (Å²) in [4.78, 5) is 0. The third kappa shape index (κ3) is 4.58. The zero-order valence-electron chi connectivity index (χ0n) is 32.3. The average molecular weight is 760 g/mol. The van der Waals surface area contributed by atoms with E-state index in [-0.39, 0.29) is 5.41 Å². The van der Waals surface area contributed by atoms with E-state index in [4.69, 9.17) is 0 Å². The standard InChI is InChI=1S/C55H38NOP/c1-55(2)49-30-24-39(33-47(49)48-34-40(25-31-50(48)55)38-21-20-35-12-6-7-13-37(35)32-38)36-22-26-41(27-23-36)56-51-18-10-8-16-43(51)45-28-29-46-44-17-9-11-19-52(44)58(57,54(46)53(45)56)42-14-4-3-5-15-42/h3-34H,1-2H3. The van der Waals surface area contributed by atoms with Crippen molar-refractivity contribution in [3.8, 4) is 50.2 Å². The highest BCUT2D eigenvalue weighted by Gasteiger charge is 2.43. The zero-order chi connectivity index (χ0) is 38.8. The smallest absolute Gasteiger partial charge is 0.174 e. The van der Waals surface area contributed by atoms with E-state index in [0.29, 0.717) is 0 Å². The monoisotopic (exact) mass is 759 g/mol. The second kappa shape index (κ2) is 12.1. The lowest BCUT2D eigenvalue weighted by atomic mass is 9.82. The molecule has 2 aliphatic rings. The van der Waals surface area contributed by atoms with Crippen LogP contribution < -0.4 is 15.9 Å². The molecule has 0 saturated heterocycles. The Balaban J connectivity index is 1.000. The molecular weight excluding hydrogens is 722 g/mol. The minimum absolute atomic E-state index is 0.0927. The number of hydrogen-bond acceptors (Lipinski definition) is 1. The molecule has 3 heteroatoms. The van der Waals surface area contributed by atoms with Crippen LogP contribution in [0.4, 0.5) is 0 Å². The van der Waals surface area contributed by atoms with Crippen molar-refractivity contribution in [1.82, 2.24) is 4.57 Å². The molecule has 2 nitrogen and oxygen atoms in total. The molecule has 1 aromatic heterocycles. The largest absolute Gasteiger partial charge is 0.309 e. The molecular formula is C55H38NOP. The van der Waals surface area contributed by atoms with Crippen LogP contribution in [0, 0.1) is 0 Å². The first-order valence-electron chi connectivity index (χ1n) is 20.1. The van der Waals surface area contributed by atoms with Crippen LogP contribution in [0.1, 0.15) is 25.0 Å². The molecule has 274 valence electrons. The van der Waals surface area contributed by atoms with E-state index in [9.17, 15) is 0 Å². The molecule has 58 heavy (non-hydrogen) atoms. The maximum atomic E-state index is 15.9. The summed E-state index contributed by atoms with van der Waals surface area (Å²) in [5.74, 6) is 0. The van der Waals surface area contributed by atoms with Crippen LogP contribution in [-0.2, 0) is 9.98 Å². The number of fused-ring (bicyclic) bond motifs is 11. The van der Waals surface area contributed by atoms with Gasteiger partial charge in [0.1, 0.15) is 0 Å². The molecule has 10 aromatic rings. The summed E-state index contributed by atoms with van der Waals surface area (Å²) in [5, 5.41) is 7.50. The van der Waals surface area contributed by atoms with Crippen LogP contribution in [0.3, 0.4) is 0 Å². The van der Waals surface area contributed by atoms with Gasteiger partial charge in [0.15, 0.2) is 7.14 Å².